The average molecular weight is 463 g/mol. The van der Waals surface area contributed by atoms with Crippen LogP contribution >= 0.6 is 0 Å². The van der Waals surface area contributed by atoms with Crippen molar-refractivity contribution in [1.29, 1.82) is 0 Å². The first-order chi connectivity index (χ1) is 16.6. The second kappa shape index (κ2) is 9.18. The van der Waals surface area contributed by atoms with Crippen LogP contribution in [0.3, 0.4) is 0 Å². The van der Waals surface area contributed by atoms with E-state index in [0.717, 1.165) is 35.3 Å². The molecule has 34 heavy (non-hydrogen) atoms. The van der Waals surface area contributed by atoms with Crippen LogP contribution in [-0.2, 0) is 9.53 Å². The minimum absolute atomic E-state index is 0.174. The van der Waals surface area contributed by atoms with Gasteiger partial charge in [-0.1, -0.05) is 49.8 Å². The number of carbonyl (C=O) groups is 1. The van der Waals surface area contributed by atoms with Gasteiger partial charge in [-0.2, -0.15) is 0 Å². The van der Waals surface area contributed by atoms with E-state index >= 15 is 0 Å². The maximum atomic E-state index is 12.9. The third-order valence-corrected chi connectivity index (χ3v) is 7.22. The number of allylic oxidation sites excluding steroid dienone is 2. The van der Waals surface area contributed by atoms with Gasteiger partial charge in [0.25, 0.3) is 0 Å². The molecule has 0 fully saturated rings. The van der Waals surface area contributed by atoms with Crippen LogP contribution in [0.15, 0.2) is 60.7 Å². The SMILES string of the molecule is CCCCOc1ccc2c(c1)C(C1(OC)C=CC=CC1)C(C(=O)O)C2c1ccc2c(c1)OCO2. The molecule has 3 aliphatic rings. The van der Waals surface area contributed by atoms with Crippen LogP contribution in [0.25, 0.3) is 0 Å². The second-order valence-electron chi connectivity index (χ2n) is 9.08. The molecule has 2 aliphatic carbocycles. The number of ether oxygens (including phenoxy) is 4. The van der Waals surface area contributed by atoms with Crippen molar-refractivity contribution >= 4 is 5.97 Å². The molecule has 2 aromatic rings. The van der Waals surface area contributed by atoms with E-state index in [4.69, 9.17) is 18.9 Å². The lowest BCUT2D eigenvalue weighted by atomic mass is 9.71. The highest BCUT2D eigenvalue weighted by Gasteiger charge is 2.54. The van der Waals surface area contributed by atoms with Crippen molar-refractivity contribution in [2.75, 3.05) is 20.5 Å². The smallest absolute Gasteiger partial charge is 0.308 e. The Labute approximate surface area is 199 Å². The van der Waals surface area contributed by atoms with Gasteiger partial charge >= 0.3 is 5.97 Å². The summed E-state index contributed by atoms with van der Waals surface area (Å²) in [4.78, 5) is 12.9. The molecule has 0 radical (unpaired) electrons. The van der Waals surface area contributed by atoms with Gasteiger partial charge in [0.05, 0.1) is 18.1 Å². The van der Waals surface area contributed by atoms with Crippen LogP contribution < -0.4 is 14.2 Å². The third-order valence-electron chi connectivity index (χ3n) is 7.22. The number of unbranched alkanes of at least 4 members (excludes halogenated alkanes) is 1. The predicted octanol–water partition coefficient (Wildman–Crippen LogP) is 5.43. The van der Waals surface area contributed by atoms with Crippen molar-refractivity contribution in [3.63, 3.8) is 0 Å². The Hall–Kier alpha value is -3.25. The van der Waals surface area contributed by atoms with Crippen molar-refractivity contribution in [1.82, 2.24) is 0 Å². The van der Waals surface area contributed by atoms with E-state index in [-0.39, 0.29) is 12.7 Å². The molecule has 6 heteroatoms. The van der Waals surface area contributed by atoms with E-state index in [2.05, 4.69) is 6.92 Å². The molecule has 178 valence electrons. The first-order valence-electron chi connectivity index (χ1n) is 11.9. The summed E-state index contributed by atoms with van der Waals surface area (Å²) in [6, 6.07) is 11.7. The van der Waals surface area contributed by atoms with Crippen molar-refractivity contribution in [3.8, 4) is 17.2 Å². The maximum Gasteiger partial charge on any atom is 0.308 e. The van der Waals surface area contributed by atoms with Crippen LogP contribution in [0.4, 0.5) is 0 Å². The van der Waals surface area contributed by atoms with E-state index in [0.29, 0.717) is 24.5 Å². The Kier molecular flexibility index (Phi) is 6.09. The van der Waals surface area contributed by atoms with Gasteiger partial charge in [0, 0.05) is 18.9 Å². The fourth-order valence-corrected chi connectivity index (χ4v) is 5.58. The van der Waals surface area contributed by atoms with Gasteiger partial charge in [-0.3, -0.25) is 4.79 Å². The molecule has 1 N–H and O–H groups in total. The topological polar surface area (TPSA) is 74.2 Å². The van der Waals surface area contributed by atoms with E-state index in [1.807, 2.05) is 60.7 Å². The van der Waals surface area contributed by atoms with E-state index in [9.17, 15) is 9.90 Å². The number of rotatable bonds is 8. The highest BCUT2D eigenvalue weighted by atomic mass is 16.7. The van der Waals surface area contributed by atoms with Gasteiger partial charge in [-0.15, -0.1) is 0 Å². The fourth-order valence-electron chi connectivity index (χ4n) is 5.58. The van der Waals surface area contributed by atoms with Crippen LogP contribution in [-0.4, -0.2) is 37.2 Å². The lowest BCUT2D eigenvalue weighted by Gasteiger charge is -2.39. The highest BCUT2D eigenvalue weighted by Crippen LogP contribution is 2.57. The standard InChI is InChI=1S/C28H30O6/c1-3-4-14-32-19-9-10-20-21(16-19)26(28(31-2)12-6-5-7-13-28)25(27(29)30)24(20)18-8-11-22-23(15-18)34-17-33-22/h5-12,15-16,24-26H,3-4,13-14,17H2,1-2H3,(H,29,30). The van der Waals surface area contributed by atoms with Crippen molar-refractivity contribution in [2.24, 2.45) is 5.92 Å². The minimum Gasteiger partial charge on any atom is -0.494 e. The van der Waals surface area contributed by atoms with E-state index < -0.39 is 23.4 Å². The zero-order valence-electron chi connectivity index (χ0n) is 19.5. The predicted molar refractivity (Wildman–Crippen MR) is 128 cm³/mol. The lowest BCUT2D eigenvalue weighted by molar-refractivity contribution is -0.145. The monoisotopic (exact) mass is 462 g/mol. The molecule has 0 spiro atoms. The molecule has 5 rings (SSSR count). The maximum absolute atomic E-state index is 12.9. The van der Waals surface area contributed by atoms with Gasteiger partial charge in [-0.05, 0) is 53.8 Å². The Morgan fingerprint density at radius 2 is 1.97 bits per heavy atom. The summed E-state index contributed by atoms with van der Waals surface area (Å²) in [6.45, 7) is 2.93. The largest absolute Gasteiger partial charge is 0.494 e. The summed E-state index contributed by atoms with van der Waals surface area (Å²) in [6.07, 6.45) is 10.6. The first-order valence-corrected chi connectivity index (χ1v) is 11.9. The van der Waals surface area contributed by atoms with Crippen molar-refractivity contribution < 1.29 is 28.8 Å². The molecule has 4 unspecified atom stereocenters. The number of aliphatic carboxylic acids is 1. The number of hydrogen-bond acceptors (Lipinski definition) is 5. The van der Waals surface area contributed by atoms with Crippen molar-refractivity contribution in [3.05, 3.63) is 77.4 Å². The molecule has 0 saturated carbocycles. The van der Waals surface area contributed by atoms with Crippen LogP contribution in [0.1, 0.15) is 54.7 Å². The second-order valence-corrected chi connectivity index (χ2v) is 9.08. The number of methoxy groups -OCH3 is 1. The average Bonchev–Trinajstić information content (AvgIpc) is 3.46. The molecular formula is C28H30O6. The number of hydrogen-bond donors (Lipinski definition) is 1. The minimum atomic E-state index is -0.850. The van der Waals surface area contributed by atoms with Crippen molar-refractivity contribution in [2.45, 2.75) is 43.6 Å². The van der Waals surface area contributed by atoms with Gasteiger partial charge in [-0.25, -0.2) is 0 Å². The molecule has 4 atom stereocenters. The lowest BCUT2D eigenvalue weighted by Crippen LogP contribution is -2.42. The molecule has 2 aromatic carbocycles. The molecule has 1 heterocycles. The quantitative estimate of drug-likeness (QED) is 0.528. The summed E-state index contributed by atoms with van der Waals surface area (Å²) < 4.78 is 23.2. The fraction of sp³-hybridized carbons (Fsp3) is 0.393. The van der Waals surface area contributed by atoms with Crippen LogP contribution in [0.5, 0.6) is 17.2 Å². The third kappa shape index (κ3) is 3.76. The van der Waals surface area contributed by atoms with Crippen LogP contribution in [0.2, 0.25) is 0 Å². The number of carboxylic acid groups (broad SMARTS) is 1. The van der Waals surface area contributed by atoms with E-state index in [1.54, 1.807) is 7.11 Å². The molecule has 0 saturated heterocycles. The first kappa shape index (κ1) is 22.5. The Morgan fingerprint density at radius 3 is 2.71 bits per heavy atom. The van der Waals surface area contributed by atoms with E-state index in [1.165, 1.54) is 0 Å². The highest BCUT2D eigenvalue weighted by molar-refractivity contribution is 5.77. The molecule has 0 aromatic heterocycles. The molecule has 0 amide bonds. The summed E-state index contributed by atoms with van der Waals surface area (Å²) in [7, 11) is 1.66. The summed E-state index contributed by atoms with van der Waals surface area (Å²) in [5.74, 6) is -0.241. The van der Waals surface area contributed by atoms with Gasteiger partial charge in [0.15, 0.2) is 11.5 Å². The zero-order valence-corrected chi connectivity index (χ0v) is 19.5. The van der Waals surface area contributed by atoms with Gasteiger partial charge < -0.3 is 24.1 Å². The number of fused-ring (bicyclic) bond motifs is 2. The normalized spacial score (nSPS) is 26.5. The van der Waals surface area contributed by atoms with Gasteiger partial charge in [0.2, 0.25) is 6.79 Å². The number of benzene rings is 2. The molecule has 0 bridgehead atoms. The Bertz CT molecular complexity index is 1140. The molecule has 1 aliphatic heterocycles. The Morgan fingerprint density at radius 1 is 1.12 bits per heavy atom. The summed E-state index contributed by atoms with van der Waals surface area (Å²) in [5.41, 5.74) is 2.07. The summed E-state index contributed by atoms with van der Waals surface area (Å²) >= 11 is 0. The number of carboxylic acids is 1. The molecule has 6 nitrogen and oxygen atoms in total. The van der Waals surface area contributed by atoms with Crippen LogP contribution in [0, 0.1) is 5.92 Å². The van der Waals surface area contributed by atoms with Gasteiger partial charge in [0.1, 0.15) is 5.75 Å². The summed E-state index contributed by atoms with van der Waals surface area (Å²) in [5, 5.41) is 10.6. The Balaban J connectivity index is 1.65. The zero-order chi connectivity index (χ0) is 23.7. The molecular weight excluding hydrogens is 432 g/mol.